The van der Waals surface area contributed by atoms with Crippen molar-refractivity contribution in [1.29, 1.82) is 0 Å². The summed E-state index contributed by atoms with van der Waals surface area (Å²) >= 11 is 0. The molecule has 0 saturated carbocycles. The minimum absolute atomic E-state index is 0.136. The van der Waals surface area contributed by atoms with Gasteiger partial charge in [0.1, 0.15) is 24.7 Å². The van der Waals surface area contributed by atoms with Crippen molar-refractivity contribution in [2.24, 2.45) is 0 Å². The molecule has 0 aliphatic heterocycles. The summed E-state index contributed by atoms with van der Waals surface area (Å²) in [7, 11) is 0. The number of anilines is 2. The first-order valence-corrected chi connectivity index (χ1v) is 10.3. The van der Waals surface area contributed by atoms with E-state index in [9.17, 15) is 4.79 Å². The number of para-hydroxylation sites is 2. The Kier molecular flexibility index (Phi) is 8.76. The summed E-state index contributed by atoms with van der Waals surface area (Å²) in [5, 5.41) is 6.02. The van der Waals surface area contributed by atoms with E-state index in [1.54, 1.807) is 0 Å². The van der Waals surface area contributed by atoms with Gasteiger partial charge in [0.2, 0.25) is 5.91 Å². The van der Waals surface area contributed by atoms with Crippen LogP contribution >= 0.6 is 0 Å². The molecular weight excluding hydrogens is 392 g/mol. The second-order valence-electron chi connectivity index (χ2n) is 6.74. The molecule has 0 fully saturated rings. The molecule has 3 aromatic rings. The summed E-state index contributed by atoms with van der Waals surface area (Å²) in [5.74, 6) is 1.24. The zero-order valence-electron chi connectivity index (χ0n) is 17.7. The quantitative estimate of drug-likeness (QED) is 0.415. The van der Waals surface area contributed by atoms with Crippen molar-refractivity contribution in [1.82, 2.24) is 0 Å². The van der Waals surface area contributed by atoms with Crippen LogP contribution in [-0.2, 0) is 16.1 Å². The van der Waals surface area contributed by atoms with E-state index in [1.165, 1.54) is 0 Å². The zero-order valence-corrected chi connectivity index (χ0v) is 17.7. The Morgan fingerprint density at radius 2 is 1.58 bits per heavy atom. The number of hydrogen-bond acceptors (Lipinski definition) is 5. The third kappa shape index (κ3) is 7.68. The number of carbonyl (C=O) groups excluding carboxylic acids is 1. The van der Waals surface area contributed by atoms with Crippen LogP contribution in [0.3, 0.4) is 0 Å². The molecule has 6 nitrogen and oxygen atoms in total. The fourth-order valence-corrected chi connectivity index (χ4v) is 2.84. The number of rotatable bonds is 12. The molecule has 0 atom stereocenters. The molecular formula is C25H28N2O4. The minimum Gasteiger partial charge on any atom is -0.491 e. The molecule has 0 heterocycles. The van der Waals surface area contributed by atoms with Gasteiger partial charge in [0.25, 0.3) is 0 Å². The van der Waals surface area contributed by atoms with Gasteiger partial charge < -0.3 is 24.8 Å². The van der Waals surface area contributed by atoms with E-state index >= 15 is 0 Å². The molecule has 0 spiro atoms. The monoisotopic (exact) mass is 420 g/mol. The lowest BCUT2D eigenvalue weighted by Gasteiger charge is -2.13. The van der Waals surface area contributed by atoms with Crippen molar-refractivity contribution in [3.05, 3.63) is 84.4 Å². The topological polar surface area (TPSA) is 68.8 Å². The number of amides is 1. The zero-order chi connectivity index (χ0) is 21.7. The van der Waals surface area contributed by atoms with E-state index in [0.29, 0.717) is 37.9 Å². The Morgan fingerprint density at radius 1 is 0.839 bits per heavy atom. The van der Waals surface area contributed by atoms with Gasteiger partial charge in [-0.15, -0.1) is 0 Å². The SMILES string of the molecule is CCOCCOc1ccc(NCC(=O)Nc2ccccc2OCc2ccccc2)cc1. The lowest BCUT2D eigenvalue weighted by atomic mass is 10.2. The van der Waals surface area contributed by atoms with Crippen LogP contribution in [0.1, 0.15) is 12.5 Å². The van der Waals surface area contributed by atoms with E-state index in [2.05, 4.69) is 10.6 Å². The number of ether oxygens (including phenoxy) is 3. The first-order valence-electron chi connectivity index (χ1n) is 10.3. The van der Waals surface area contributed by atoms with Crippen LogP contribution in [0.2, 0.25) is 0 Å². The average molecular weight is 421 g/mol. The van der Waals surface area contributed by atoms with Gasteiger partial charge >= 0.3 is 0 Å². The molecule has 162 valence electrons. The van der Waals surface area contributed by atoms with E-state index in [0.717, 1.165) is 17.0 Å². The summed E-state index contributed by atoms with van der Waals surface area (Å²) in [6.07, 6.45) is 0. The molecule has 0 unspecified atom stereocenters. The highest BCUT2D eigenvalue weighted by Crippen LogP contribution is 2.24. The third-order valence-corrected chi connectivity index (χ3v) is 4.41. The Morgan fingerprint density at radius 3 is 2.35 bits per heavy atom. The van der Waals surface area contributed by atoms with Crippen LogP contribution in [0, 0.1) is 0 Å². The van der Waals surface area contributed by atoms with E-state index in [4.69, 9.17) is 14.2 Å². The number of nitrogens with one attached hydrogen (secondary N) is 2. The summed E-state index contributed by atoms with van der Waals surface area (Å²) in [5.41, 5.74) is 2.54. The predicted octanol–water partition coefficient (Wildman–Crippen LogP) is 4.73. The fourth-order valence-electron chi connectivity index (χ4n) is 2.84. The molecule has 0 saturated heterocycles. The standard InChI is InChI=1S/C25H28N2O4/c1-2-29-16-17-30-22-14-12-21(13-15-22)26-18-25(28)27-23-10-6-7-11-24(23)31-19-20-8-4-3-5-9-20/h3-15,26H,2,16-19H2,1H3,(H,27,28). The first kappa shape index (κ1) is 22.2. The van der Waals surface area contributed by atoms with Gasteiger partial charge in [0.15, 0.2) is 0 Å². The van der Waals surface area contributed by atoms with Crippen molar-refractivity contribution in [3.63, 3.8) is 0 Å². The highest BCUT2D eigenvalue weighted by atomic mass is 16.5. The first-order chi connectivity index (χ1) is 15.2. The largest absolute Gasteiger partial charge is 0.491 e. The smallest absolute Gasteiger partial charge is 0.243 e. The Labute approximate surface area is 183 Å². The van der Waals surface area contributed by atoms with Crippen molar-refractivity contribution in [2.45, 2.75) is 13.5 Å². The Hall–Kier alpha value is -3.51. The molecule has 0 aliphatic carbocycles. The van der Waals surface area contributed by atoms with Gasteiger partial charge in [0.05, 0.1) is 18.8 Å². The summed E-state index contributed by atoms with van der Waals surface area (Å²) in [4.78, 5) is 12.4. The minimum atomic E-state index is -0.159. The highest BCUT2D eigenvalue weighted by molar-refractivity contribution is 5.95. The average Bonchev–Trinajstić information content (AvgIpc) is 2.81. The van der Waals surface area contributed by atoms with Crippen LogP contribution in [0.15, 0.2) is 78.9 Å². The summed E-state index contributed by atoms with van der Waals surface area (Å²) in [6.45, 7) is 4.27. The van der Waals surface area contributed by atoms with Crippen LogP contribution in [-0.4, -0.2) is 32.3 Å². The second kappa shape index (κ2) is 12.2. The number of carbonyl (C=O) groups is 1. The molecule has 3 aromatic carbocycles. The Balaban J connectivity index is 1.46. The maximum atomic E-state index is 12.4. The van der Waals surface area contributed by atoms with Gasteiger partial charge in [0, 0.05) is 12.3 Å². The van der Waals surface area contributed by atoms with Gasteiger partial charge in [-0.2, -0.15) is 0 Å². The van der Waals surface area contributed by atoms with Crippen LogP contribution in [0.25, 0.3) is 0 Å². The third-order valence-electron chi connectivity index (χ3n) is 4.41. The molecule has 1 amide bonds. The molecule has 0 radical (unpaired) electrons. The molecule has 0 bridgehead atoms. The van der Waals surface area contributed by atoms with E-state index < -0.39 is 0 Å². The van der Waals surface area contributed by atoms with E-state index in [-0.39, 0.29) is 12.5 Å². The second-order valence-corrected chi connectivity index (χ2v) is 6.74. The molecule has 31 heavy (non-hydrogen) atoms. The normalized spacial score (nSPS) is 10.4. The van der Waals surface area contributed by atoms with Crippen LogP contribution < -0.4 is 20.1 Å². The molecule has 6 heteroatoms. The maximum absolute atomic E-state index is 12.4. The summed E-state index contributed by atoms with van der Waals surface area (Å²) in [6, 6.07) is 24.8. The number of hydrogen-bond donors (Lipinski definition) is 2. The van der Waals surface area contributed by atoms with Crippen molar-refractivity contribution < 1.29 is 19.0 Å². The lowest BCUT2D eigenvalue weighted by Crippen LogP contribution is -2.22. The van der Waals surface area contributed by atoms with Gasteiger partial charge in [-0.3, -0.25) is 4.79 Å². The van der Waals surface area contributed by atoms with Crippen molar-refractivity contribution in [2.75, 3.05) is 37.0 Å². The molecule has 0 aliphatic rings. The van der Waals surface area contributed by atoms with Gasteiger partial charge in [-0.1, -0.05) is 42.5 Å². The Bertz CT molecular complexity index is 930. The summed E-state index contributed by atoms with van der Waals surface area (Å²) < 4.78 is 16.7. The van der Waals surface area contributed by atoms with Gasteiger partial charge in [-0.05, 0) is 48.9 Å². The molecule has 2 N–H and O–H groups in total. The molecule has 3 rings (SSSR count). The highest BCUT2D eigenvalue weighted by Gasteiger charge is 2.08. The van der Waals surface area contributed by atoms with Crippen molar-refractivity contribution >= 4 is 17.3 Å². The van der Waals surface area contributed by atoms with Gasteiger partial charge in [-0.25, -0.2) is 0 Å². The fraction of sp³-hybridized carbons (Fsp3) is 0.240. The lowest BCUT2D eigenvalue weighted by molar-refractivity contribution is -0.114. The van der Waals surface area contributed by atoms with Crippen LogP contribution in [0.5, 0.6) is 11.5 Å². The molecule has 0 aromatic heterocycles. The maximum Gasteiger partial charge on any atom is 0.243 e. The predicted molar refractivity (Wildman–Crippen MR) is 123 cm³/mol. The van der Waals surface area contributed by atoms with Crippen molar-refractivity contribution in [3.8, 4) is 11.5 Å². The number of benzene rings is 3. The van der Waals surface area contributed by atoms with Crippen LogP contribution in [0.4, 0.5) is 11.4 Å². The van der Waals surface area contributed by atoms with E-state index in [1.807, 2.05) is 85.8 Å².